The zero-order valence-electron chi connectivity index (χ0n) is 11.2. The fourth-order valence-electron chi connectivity index (χ4n) is 3.40. The van der Waals surface area contributed by atoms with Gasteiger partial charge in [0.2, 0.25) is 0 Å². The van der Waals surface area contributed by atoms with Crippen LogP contribution in [-0.4, -0.2) is 22.9 Å². The Balaban J connectivity index is 2.11. The van der Waals surface area contributed by atoms with Gasteiger partial charge in [0, 0.05) is 12.8 Å². The van der Waals surface area contributed by atoms with Crippen molar-refractivity contribution in [3.63, 3.8) is 0 Å². The van der Waals surface area contributed by atoms with Gasteiger partial charge in [-0.05, 0) is 45.1 Å². The Bertz CT molecular complexity index is 273. The second kappa shape index (κ2) is 5.53. The van der Waals surface area contributed by atoms with Gasteiger partial charge in [0.1, 0.15) is 0 Å². The molecule has 1 saturated heterocycles. The summed E-state index contributed by atoms with van der Waals surface area (Å²) < 4.78 is 5.74. The summed E-state index contributed by atoms with van der Waals surface area (Å²) in [6.07, 6.45) is 11.6. The van der Waals surface area contributed by atoms with Gasteiger partial charge in [-0.15, -0.1) is 0 Å². The highest BCUT2D eigenvalue weighted by atomic mass is 16.5. The average Bonchev–Trinajstić information content (AvgIpc) is 2.12. The van der Waals surface area contributed by atoms with Gasteiger partial charge < -0.3 is 9.84 Å². The van der Waals surface area contributed by atoms with E-state index in [1.807, 2.05) is 0 Å². The predicted molar refractivity (Wildman–Crippen MR) is 70.0 cm³/mol. The Hall–Kier alpha value is -0.340. The summed E-state index contributed by atoms with van der Waals surface area (Å²) in [5.41, 5.74) is 0.702. The summed E-state index contributed by atoms with van der Waals surface area (Å²) >= 11 is 0. The molecule has 98 valence electrons. The lowest BCUT2D eigenvalue weighted by Gasteiger charge is -2.41. The highest BCUT2D eigenvalue weighted by molar-refractivity contribution is 5.19. The van der Waals surface area contributed by atoms with E-state index in [-0.39, 0.29) is 12.2 Å². The van der Waals surface area contributed by atoms with Gasteiger partial charge >= 0.3 is 0 Å². The maximum Gasteiger partial charge on any atom is 0.0905 e. The predicted octanol–water partition coefficient (Wildman–Crippen LogP) is 3.59. The molecular formula is C15H26O2. The highest BCUT2D eigenvalue weighted by Gasteiger charge is 2.39. The van der Waals surface area contributed by atoms with E-state index in [1.165, 1.54) is 31.3 Å². The van der Waals surface area contributed by atoms with Crippen molar-refractivity contribution in [2.24, 2.45) is 0 Å². The third-order valence-electron chi connectivity index (χ3n) is 4.10. The van der Waals surface area contributed by atoms with E-state index in [0.717, 1.165) is 25.7 Å². The first-order valence-electron chi connectivity index (χ1n) is 7.17. The lowest BCUT2D eigenvalue weighted by molar-refractivity contribution is -0.116. The Kier molecular flexibility index (Phi) is 4.26. The number of aliphatic hydroxyl groups is 1. The molecule has 0 aromatic carbocycles. The van der Waals surface area contributed by atoms with Crippen LogP contribution >= 0.6 is 0 Å². The van der Waals surface area contributed by atoms with E-state index < -0.39 is 5.60 Å². The Labute approximate surface area is 105 Å². The Morgan fingerprint density at radius 2 is 1.76 bits per heavy atom. The molecule has 2 heteroatoms. The normalized spacial score (nSPS) is 40.3. The molecule has 0 bridgehead atoms. The smallest absolute Gasteiger partial charge is 0.0905 e. The lowest BCUT2D eigenvalue weighted by atomic mass is 9.78. The van der Waals surface area contributed by atoms with Crippen molar-refractivity contribution >= 4 is 0 Å². The zero-order valence-corrected chi connectivity index (χ0v) is 11.2. The van der Waals surface area contributed by atoms with Crippen LogP contribution in [0.1, 0.15) is 65.2 Å². The minimum Gasteiger partial charge on any atom is -0.385 e. The first kappa shape index (κ1) is 13.1. The second-order valence-electron chi connectivity index (χ2n) is 5.88. The largest absolute Gasteiger partial charge is 0.385 e. The van der Waals surface area contributed by atoms with Crippen molar-refractivity contribution in [2.75, 3.05) is 0 Å². The van der Waals surface area contributed by atoms with Crippen LogP contribution in [0.25, 0.3) is 0 Å². The van der Waals surface area contributed by atoms with Gasteiger partial charge in [-0.25, -0.2) is 0 Å². The van der Waals surface area contributed by atoms with Crippen LogP contribution in [0.4, 0.5) is 0 Å². The molecule has 17 heavy (non-hydrogen) atoms. The van der Waals surface area contributed by atoms with E-state index in [2.05, 4.69) is 19.9 Å². The van der Waals surface area contributed by atoms with Crippen LogP contribution in [0.15, 0.2) is 11.6 Å². The molecule has 0 saturated carbocycles. The van der Waals surface area contributed by atoms with Crippen molar-refractivity contribution < 1.29 is 9.84 Å². The van der Waals surface area contributed by atoms with E-state index in [9.17, 15) is 5.11 Å². The molecule has 1 aliphatic heterocycles. The van der Waals surface area contributed by atoms with Gasteiger partial charge in [-0.2, -0.15) is 0 Å². The number of allylic oxidation sites excluding steroid dienone is 1. The minimum atomic E-state index is -0.589. The number of hydrogen-bond acceptors (Lipinski definition) is 2. The molecule has 0 aromatic heterocycles. The third-order valence-corrected chi connectivity index (χ3v) is 4.10. The maximum atomic E-state index is 10.9. The SMILES string of the molecule is CC1CC(O)(C2=CCCCCCC2)CC(C)O1. The molecule has 2 aliphatic rings. The highest BCUT2D eigenvalue weighted by Crippen LogP contribution is 2.37. The lowest BCUT2D eigenvalue weighted by Crippen LogP contribution is -2.44. The molecule has 1 heterocycles. The summed E-state index contributed by atoms with van der Waals surface area (Å²) in [7, 11) is 0. The van der Waals surface area contributed by atoms with Crippen LogP contribution in [-0.2, 0) is 4.74 Å². The number of rotatable bonds is 1. The van der Waals surface area contributed by atoms with Crippen LogP contribution in [0.5, 0.6) is 0 Å². The van der Waals surface area contributed by atoms with Gasteiger partial charge in [0.15, 0.2) is 0 Å². The molecule has 1 fully saturated rings. The average molecular weight is 238 g/mol. The van der Waals surface area contributed by atoms with Gasteiger partial charge in [-0.1, -0.05) is 18.9 Å². The quantitative estimate of drug-likeness (QED) is 0.707. The van der Waals surface area contributed by atoms with Crippen LogP contribution in [0.2, 0.25) is 0 Å². The van der Waals surface area contributed by atoms with Gasteiger partial charge in [-0.3, -0.25) is 0 Å². The van der Waals surface area contributed by atoms with Gasteiger partial charge in [0.05, 0.1) is 17.8 Å². The topological polar surface area (TPSA) is 29.5 Å². The fraction of sp³-hybridized carbons (Fsp3) is 0.867. The van der Waals surface area contributed by atoms with E-state index in [0.29, 0.717) is 0 Å². The van der Waals surface area contributed by atoms with Crippen LogP contribution in [0.3, 0.4) is 0 Å². The minimum absolute atomic E-state index is 0.176. The molecular weight excluding hydrogens is 212 g/mol. The van der Waals surface area contributed by atoms with Gasteiger partial charge in [0.25, 0.3) is 0 Å². The van der Waals surface area contributed by atoms with E-state index in [4.69, 9.17) is 4.74 Å². The molecule has 2 rings (SSSR count). The maximum absolute atomic E-state index is 10.9. The summed E-state index contributed by atoms with van der Waals surface area (Å²) in [6, 6.07) is 0. The second-order valence-corrected chi connectivity index (χ2v) is 5.88. The Morgan fingerprint density at radius 3 is 2.47 bits per heavy atom. The zero-order chi connectivity index (χ0) is 12.3. The van der Waals surface area contributed by atoms with Crippen LogP contribution < -0.4 is 0 Å². The van der Waals surface area contributed by atoms with Crippen molar-refractivity contribution in [1.82, 2.24) is 0 Å². The monoisotopic (exact) mass is 238 g/mol. The number of ether oxygens (including phenoxy) is 1. The standard InChI is InChI=1S/C15H26O2/c1-12-10-15(16,11-13(2)17-12)14-8-6-4-3-5-7-9-14/h8,12-13,16H,3-7,9-11H2,1-2H3. The van der Waals surface area contributed by atoms with Crippen molar-refractivity contribution in [3.05, 3.63) is 11.6 Å². The molecule has 0 aromatic rings. The molecule has 2 nitrogen and oxygen atoms in total. The first-order chi connectivity index (χ1) is 8.10. The molecule has 1 N–H and O–H groups in total. The summed E-state index contributed by atoms with van der Waals surface area (Å²) in [5, 5.41) is 10.9. The fourth-order valence-corrected chi connectivity index (χ4v) is 3.40. The molecule has 0 amide bonds. The van der Waals surface area contributed by atoms with Crippen molar-refractivity contribution in [3.8, 4) is 0 Å². The molecule has 1 aliphatic carbocycles. The first-order valence-corrected chi connectivity index (χ1v) is 7.17. The van der Waals surface area contributed by atoms with Crippen molar-refractivity contribution in [1.29, 1.82) is 0 Å². The number of hydrogen-bond donors (Lipinski definition) is 1. The summed E-state index contributed by atoms with van der Waals surface area (Å²) in [6.45, 7) is 4.15. The van der Waals surface area contributed by atoms with Crippen LogP contribution in [0, 0.1) is 0 Å². The molecule has 2 unspecified atom stereocenters. The third kappa shape index (κ3) is 3.32. The molecule has 0 radical (unpaired) electrons. The van der Waals surface area contributed by atoms with E-state index in [1.54, 1.807) is 0 Å². The molecule has 0 spiro atoms. The summed E-state index contributed by atoms with van der Waals surface area (Å²) in [5.74, 6) is 0. The van der Waals surface area contributed by atoms with Crippen molar-refractivity contribution in [2.45, 2.75) is 83.0 Å². The molecule has 2 atom stereocenters. The Morgan fingerprint density at radius 1 is 1.12 bits per heavy atom. The summed E-state index contributed by atoms with van der Waals surface area (Å²) in [4.78, 5) is 0. The van der Waals surface area contributed by atoms with E-state index >= 15 is 0 Å².